The third kappa shape index (κ3) is 1.78. The average molecular weight is 241 g/mol. The Bertz CT molecular complexity index is 431. The molecule has 1 aromatic heterocycles. The van der Waals surface area contributed by atoms with Gasteiger partial charge in [0.15, 0.2) is 0 Å². The molecule has 0 saturated carbocycles. The van der Waals surface area contributed by atoms with Gasteiger partial charge in [-0.05, 0) is 6.92 Å². The van der Waals surface area contributed by atoms with E-state index in [4.69, 9.17) is 5.11 Å². The van der Waals surface area contributed by atoms with Crippen molar-refractivity contribution < 1.29 is 14.7 Å². The summed E-state index contributed by atoms with van der Waals surface area (Å²) in [4.78, 5) is 24.3. The SMILES string of the molecule is Cc1[nH]ncc1C(=O)N1CSC[C@H]1C(=O)O. The van der Waals surface area contributed by atoms with Crippen LogP contribution in [0.15, 0.2) is 6.20 Å². The van der Waals surface area contributed by atoms with Crippen molar-refractivity contribution in [1.82, 2.24) is 15.1 Å². The molecule has 16 heavy (non-hydrogen) atoms. The van der Waals surface area contributed by atoms with E-state index in [2.05, 4.69) is 10.2 Å². The molecule has 1 amide bonds. The number of aryl methyl sites for hydroxylation is 1. The number of hydrogen-bond acceptors (Lipinski definition) is 4. The predicted octanol–water partition coefficient (Wildman–Crippen LogP) is 0.318. The third-order valence-corrected chi connectivity index (χ3v) is 3.50. The molecule has 0 spiro atoms. The highest BCUT2D eigenvalue weighted by Crippen LogP contribution is 2.23. The maximum Gasteiger partial charge on any atom is 0.327 e. The molecule has 0 unspecified atom stereocenters. The van der Waals surface area contributed by atoms with Crippen LogP contribution < -0.4 is 0 Å². The molecule has 0 aliphatic carbocycles. The normalized spacial score (nSPS) is 20.1. The first-order chi connectivity index (χ1) is 7.61. The van der Waals surface area contributed by atoms with Gasteiger partial charge in [0, 0.05) is 11.4 Å². The van der Waals surface area contributed by atoms with Gasteiger partial charge in [-0.15, -0.1) is 11.8 Å². The Kier molecular flexibility index (Phi) is 2.86. The third-order valence-electron chi connectivity index (χ3n) is 2.49. The monoisotopic (exact) mass is 241 g/mol. The van der Waals surface area contributed by atoms with E-state index in [9.17, 15) is 9.59 Å². The fraction of sp³-hybridized carbons (Fsp3) is 0.444. The van der Waals surface area contributed by atoms with Crippen LogP contribution in [0, 0.1) is 6.92 Å². The highest BCUT2D eigenvalue weighted by molar-refractivity contribution is 7.99. The minimum Gasteiger partial charge on any atom is -0.480 e. The van der Waals surface area contributed by atoms with Crippen molar-refractivity contribution in [2.75, 3.05) is 11.6 Å². The van der Waals surface area contributed by atoms with Gasteiger partial charge < -0.3 is 10.0 Å². The van der Waals surface area contributed by atoms with Crippen molar-refractivity contribution in [2.45, 2.75) is 13.0 Å². The molecule has 1 aromatic rings. The van der Waals surface area contributed by atoms with Crippen molar-refractivity contribution in [3.05, 3.63) is 17.5 Å². The molecule has 2 heterocycles. The van der Waals surface area contributed by atoms with Crippen molar-refractivity contribution in [1.29, 1.82) is 0 Å². The van der Waals surface area contributed by atoms with Crippen LogP contribution in [0.3, 0.4) is 0 Å². The van der Waals surface area contributed by atoms with Gasteiger partial charge in [0.2, 0.25) is 0 Å². The summed E-state index contributed by atoms with van der Waals surface area (Å²) in [6.45, 7) is 1.74. The fourth-order valence-corrected chi connectivity index (χ4v) is 2.71. The first kappa shape index (κ1) is 11.0. The summed E-state index contributed by atoms with van der Waals surface area (Å²) in [7, 11) is 0. The second kappa shape index (κ2) is 4.17. The highest BCUT2D eigenvalue weighted by atomic mass is 32.2. The minimum absolute atomic E-state index is 0.274. The molecule has 0 aromatic carbocycles. The zero-order valence-electron chi connectivity index (χ0n) is 8.64. The molecule has 2 N–H and O–H groups in total. The Morgan fingerprint density at radius 3 is 3.00 bits per heavy atom. The number of thioether (sulfide) groups is 1. The number of rotatable bonds is 2. The van der Waals surface area contributed by atoms with Crippen molar-refractivity contribution in [2.24, 2.45) is 0 Å². The fourth-order valence-electron chi connectivity index (χ4n) is 1.57. The van der Waals surface area contributed by atoms with E-state index < -0.39 is 12.0 Å². The summed E-state index contributed by atoms with van der Waals surface area (Å²) in [5.74, 6) is -0.374. The number of hydrogen-bond donors (Lipinski definition) is 2. The lowest BCUT2D eigenvalue weighted by atomic mass is 10.2. The number of carboxylic acid groups (broad SMARTS) is 1. The summed E-state index contributed by atoms with van der Waals surface area (Å²) in [5, 5.41) is 15.4. The Labute approximate surface area is 96.0 Å². The average Bonchev–Trinajstić information content (AvgIpc) is 2.84. The molecule has 0 bridgehead atoms. The lowest BCUT2D eigenvalue weighted by molar-refractivity contribution is -0.140. The maximum atomic E-state index is 12.0. The Morgan fingerprint density at radius 1 is 1.69 bits per heavy atom. The lowest BCUT2D eigenvalue weighted by Crippen LogP contribution is -2.41. The number of carboxylic acids is 1. The first-order valence-electron chi connectivity index (χ1n) is 4.72. The van der Waals surface area contributed by atoms with E-state index in [0.717, 1.165) is 0 Å². The predicted molar refractivity (Wildman–Crippen MR) is 58.2 cm³/mol. The summed E-state index contributed by atoms with van der Waals surface area (Å²) in [5.41, 5.74) is 1.10. The van der Waals surface area contributed by atoms with Gasteiger partial charge in [-0.1, -0.05) is 0 Å². The van der Waals surface area contributed by atoms with Gasteiger partial charge in [0.05, 0.1) is 17.6 Å². The number of carbonyl (C=O) groups is 2. The van der Waals surface area contributed by atoms with Crippen LogP contribution in [0.25, 0.3) is 0 Å². The highest BCUT2D eigenvalue weighted by Gasteiger charge is 2.35. The molecular weight excluding hydrogens is 230 g/mol. The Balaban J connectivity index is 2.22. The van der Waals surface area contributed by atoms with Crippen LogP contribution in [0.1, 0.15) is 16.1 Å². The van der Waals surface area contributed by atoms with Crippen molar-refractivity contribution in [3.63, 3.8) is 0 Å². The summed E-state index contributed by atoms with van der Waals surface area (Å²) in [6, 6.07) is -0.730. The van der Waals surface area contributed by atoms with E-state index in [1.807, 2.05) is 0 Å². The molecule has 1 aliphatic rings. The molecule has 1 aliphatic heterocycles. The quantitative estimate of drug-likeness (QED) is 0.778. The molecular formula is C9H11N3O3S. The van der Waals surface area contributed by atoms with Gasteiger partial charge in [0.25, 0.3) is 5.91 Å². The molecule has 1 atom stereocenters. The van der Waals surface area contributed by atoms with Crippen molar-refractivity contribution >= 4 is 23.6 Å². The Hall–Kier alpha value is -1.50. The molecule has 86 valence electrons. The molecule has 2 rings (SSSR count). The molecule has 7 heteroatoms. The topological polar surface area (TPSA) is 86.3 Å². The number of nitrogens with zero attached hydrogens (tertiary/aromatic N) is 2. The number of aromatic amines is 1. The van der Waals surface area contributed by atoms with Gasteiger partial charge in [-0.3, -0.25) is 9.89 Å². The van der Waals surface area contributed by atoms with Crippen LogP contribution >= 0.6 is 11.8 Å². The molecule has 6 nitrogen and oxygen atoms in total. The zero-order chi connectivity index (χ0) is 11.7. The van der Waals surface area contributed by atoms with E-state index in [1.54, 1.807) is 6.92 Å². The smallest absolute Gasteiger partial charge is 0.327 e. The summed E-state index contributed by atoms with van der Waals surface area (Å²) >= 11 is 1.44. The van der Waals surface area contributed by atoms with E-state index in [-0.39, 0.29) is 5.91 Å². The zero-order valence-corrected chi connectivity index (χ0v) is 9.45. The largest absolute Gasteiger partial charge is 0.480 e. The van der Waals surface area contributed by atoms with E-state index >= 15 is 0 Å². The number of aliphatic carboxylic acids is 1. The van der Waals surface area contributed by atoms with Crippen LogP contribution in [0.4, 0.5) is 0 Å². The minimum atomic E-state index is -0.959. The lowest BCUT2D eigenvalue weighted by Gasteiger charge is -2.19. The summed E-state index contributed by atoms with van der Waals surface area (Å²) in [6.07, 6.45) is 1.43. The van der Waals surface area contributed by atoms with Gasteiger partial charge >= 0.3 is 5.97 Å². The summed E-state index contributed by atoms with van der Waals surface area (Å²) < 4.78 is 0. The van der Waals surface area contributed by atoms with Crippen LogP contribution in [0.5, 0.6) is 0 Å². The Morgan fingerprint density at radius 2 is 2.44 bits per heavy atom. The molecule has 0 radical (unpaired) electrons. The van der Waals surface area contributed by atoms with Crippen LogP contribution in [-0.2, 0) is 4.79 Å². The number of aromatic nitrogens is 2. The standard InChI is InChI=1S/C9H11N3O3S/c1-5-6(2-10-11-5)8(13)12-4-16-3-7(12)9(14)15/h2,7H,3-4H2,1H3,(H,10,11)(H,14,15)/t7-/m0/s1. The van der Waals surface area contributed by atoms with E-state index in [0.29, 0.717) is 22.9 Å². The molecule has 1 saturated heterocycles. The van der Waals surface area contributed by atoms with Gasteiger partial charge in [-0.25, -0.2) is 4.79 Å². The molecule has 1 fully saturated rings. The van der Waals surface area contributed by atoms with Crippen LogP contribution in [-0.4, -0.2) is 49.8 Å². The van der Waals surface area contributed by atoms with Gasteiger partial charge in [-0.2, -0.15) is 5.10 Å². The van der Waals surface area contributed by atoms with Crippen LogP contribution in [0.2, 0.25) is 0 Å². The second-order valence-corrected chi connectivity index (χ2v) is 4.54. The maximum absolute atomic E-state index is 12.0. The second-order valence-electron chi connectivity index (χ2n) is 3.54. The van der Waals surface area contributed by atoms with Crippen molar-refractivity contribution in [3.8, 4) is 0 Å². The number of amides is 1. The number of carbonyl (C=O) groups excluding carboxylic acids is 1. The van der Waals surface area contributed by atoms with E-state index in [1.165, 1.54) is 22.9 Å². The van der Waals surface area contributed by atoms with Gasteiger partial charge in [0.1, 0.15) is 6.04 Å². The number of H-pyrrole nitrogens is 1. The number of nitrogens with one attached hydrogen (secondary N) is 1. The first-order valence-corrected chi connectivity index (χ1v) is 5.88.